The van der Waals surface area contributed by atoms with Crippen molar-refractivity contribution in [1.29, 1.82) is 0 Å². The molecular formula is C38H60F3N5O3S. The van der Waals surface area contributed by atoms with E-state index in [9.17, 15) is 27.6 Å². The third kappa shape index (κ3) is 18.2. The molecule has 0 saturated carbocycles. The van der Waals surface area contributed by atoms with Crippen molar-refractivity contribution in [1.82, 2.24) is 15.1 Å². The van der Waals surface area contributed by atoms with Crippen molar-refractivity contribution < 1.29 is 27.6 Å². The van der Waals surface area contributed by atoms with Crippen LogP contribution in [-0.4, -0.2) is 77.8 Å². The zero-order valence-electron chi connectivity index (χ0n) is 31.1. The van der Waals surface area contributed by atoms with Crippen LogP contribution >= 0.6 is 11.8 Å². The third-order valence-corrected chi connectivity index (χ3v) is 8.95. The van der Waals surface area contributed by atoms with Crippen LogP contribution < -0.4 is 16.4 Å². The summed E-state index contributed by atoms with van der Waals surface area (Å²) in [4.78, 5) is 37.8. The van der Waals surface area contributed by atoms with Crippen molar-refractivity contribution >= 4 is 35.5 Å². The number of thioether (sulfide) groups is 1. The molecule has 1 aliphatic heterocycles. The number of carbonyl (C=O) groups is 3. The molecule has 2 amide bonds. The smallest absolute Gasteiger partial charge is 0.224 e. The highest BCUT2D eigenvalue weighted by Gasteiger charge is 2.22. The second kappa shape index (κ2) is 25.0. The van der Waals surface area contributed by atoms with Gasteiger partial charge >= 0.3 is 0 Å². The number of hydrogen-bond acceptors (Lipinski definition) is 7. The molecule has 2 aromatic carbocycles. The molecule has 2 unspecified atom stereocenters. The fourth-order valence-electron chi connectivity index (χ4n) is 5.24. The number of amides is 2. The van der Waals surface area contributed by atoms with Gasteiger partial charge in [0.2, 0.25) is 12.3 Å². The monoisotopic (exact) mass is 723 g/mol. The van der Waals surface area contributed by atoms with E-state index in [1.807, 2.05) is 38.1 Å². The number of ketones is 1. The SMILES string of the molecule is CC(=O)C(Nc1ccc(CNC=O)cc1)C(C)C.CCCN(CCC)CCC(C)C.NC(CC(=O)N1CCSC1)Cc1cc(F)c(F)cc1F. The highest BCUT2D eigenvalue weighted by Crippen LogP contribution is 2.18. The lowest BCUT2D eigenvalue weighted by Crippen LogP contribution is -2.35. The number of nitrogens with zero attached hydrogens (tertiary/aromatic N) is 2. The Morgan fingerprint density at radius 3 is 2.10 bits per heavy atom. The number of benzene rings is 2. The number of rotatable bonds is 18. The van der Waals surface area contributed by atoms with Crippen molar-refractivity contribution in [3.8, 4) is 0 Å². The normalized spacial score (nSPS) is 13.7. The van der Waals surface area contributed by atoms with Gasteiger partial charge in [-0.1, -0.05) is 53.7 Å². The molecule has 0 spiro atoms. The van der Waals surface area contributed by atoms with E-state index in [0.717, 1.165) is 29.0 Å². The highest BCUT2D eigenvalue weighted by molar-refractivity contribution is 7.99. The Morgan fingerprint density at radius 2 is 1.60 bits per heavy atom. The lowest BCUT2D eigenvalue weighted by molar-refractivity contribution is -0.130. The van der Waals surface area contributed by atoms with Crippen LogP contribution in [0.5, 0.6) is 0 Å². The summed E-state index contributed by atoms with van der Waals surface area (Å²) < 4.78 is 39.3. The van der Waals surface area contributed by atoms with Gasteiger partial charge in [0.05, 0.1) is 11.9 Å². The Labute approximate surface area is 302 Å². The minimum atomic E-state index is -1.23. The minimum Gasteiger partial charge on any atom is -0.375 e. The first-order valence-electron chi connectivity index (χ1n) is 17.7. The maximum atomic E-state index is 13.5. The highest BCUT2D eigenvalue weighted by atomic mass is 32.2. The van der Waals surface area contributed by atoms with Crippen LogP contribution in [0.25, 0.3) is 0 Å². The first-order chi connectivity index (χ1) is 23.7. The maximum absolute atomic E-state index is 13.5. The average molecular weight is 724 g/mol. The van der Waals surface area contributed by atoms with Gasteiger partial charge in [0.1, 0.15) is 5.82 Å². The van der Waals surface area contributed by atoms with E-state index in [-0.39, 0.29) is 42.1 Å². The molecular weight excluding hydrogens is 664 g/mol. The van der Waals surface area contributed by atoms with E-state index in [1.165, 1.54) is 38.9 Å². The fraction of sp³-hybridized carbons (Fsp3) is 0.605. The number of Topliss-reactive ketones (excluding diaryl/α,β-unsaturated/α-hetero) is 1. The number of nitrogens with two attached hydrogens (primary N) is 1. The van der Waals surface area contributed by atoms with Gasteiger partial charge in [0.15, 0.2) is 17.4 Å². The van der Waals surface area contributed by atoms with Crippen LogP contribution in [-0.2, 0) is 27.3 Å². The Kier molecular flexibility index (Phi) is 22.4. The van der Waals surface area contributed by atoms with Crippen molar-refractivity contribution in [3.05, 3.63) is 65.0 Å². The molecule has 0 aliphatic carbocycles. The maximum Gasteiger partial charge on any atom is 0.224 e. The molecule has 50 heavy (non-hydrogen) atoms. The van der Waals surface area contributed by atoms with Crippen molar-refractivity contribution in [2.24, 2.45) is 17.6 Å². The predicted molar refractivity (Wildman–Crippen MR) is 200 cm³/mol. The standard InChI is InChI=1S/C14H20N2O2.C13H15F3N2OS.C11H25N/c1-10(2)14(11(3)18)16-13-6-4-12(5-7-13)8-15-9-17;14-10-6-12(16)11(15)4-8(10)3-9(17)5-13(19)18-1-2-20-7-18;1-5-8-12(9-6-2)10-7-11(3)4/h4-7,9-10,14,16H,8H2,1-3H3,(H,15,17);4,6,9H,1-3,5,7,17H2;11H,5-10H2,1-4H3. The molecule has 2 aromatic rings. The second-order valence-corrected chi connectivity index (χ2v) is 14.5. The Balaban J connectivity index is 0.000000388. The summed E-state index contributed by atoms with van der Waals surface area (Å²) in [5.74, 6) is -0.504. The van der Waals surface area contributed by atoms with Crippen LogP contribution in [0.4, 0.5) is 18.9 Å². The van der Waals surface area contributed by atoms with Crippen molar-refractivity contribution in [2.75, 3.05) is 43.1 Å². The van der Waals surface area contributed by atoms with Crippen LogP contribution in [0, 0.1) is 29.3 Å². The van der Waals surface area contributed by atoms with Gasteiger partial charge in [-0.2, -0.15) is 0 Å². The Morgan fingerprint density at radius 1 is 0.980 bits per heavy atom. The van der Waals surface area contributed by atoms with Gasteiger partial charge in [-0.05, 0) is 93.4 Å². The molecule has 1 fully saturated rings. The molecule has 12 heteroatoms. The van der Waals surface area contributed by atoms with E-state index in [0.29, 0.717) is 31.4 Å². The molecule has 4 N–H and O–H groups in total. The van der Waals surface area contributed by atoms with Gasteiger partial charge < -0.3 is 26.2 Å². The summed E-state index contributed by atoms with van der Waals surface area (Å²) in [5, 5.41) is 5.83. The van der Waals surface area contributed by atoms with E-state index in [1.54, 1.807) is 23.6 Å². The summed E-state index contributed by atoms with van der Waals surface area (Å²) in [6, 6.07) is 8.20. The van der Waals surface area contributed by atoms with Crippen LogP contribution in [0.2, 0.25) is 0 Å². The van der Waals surface area contributed by atoms with E-state index >= 15 is 0 Å². The average Bonchev–Trinajstić information content (AvgIpc) is 3.61. The molecule has 3 rings (SSSR count). The summed E-state index contributed by atoms with van der Waals surface area (Å²) in [6.45, 7) is 19.8. The lowest BCUT2D eigenvalue weighted by atomic mass is 10.0. The van der Waals surface area contributed by atoms with E-state index < -0.39 is 23.5 Å². The van der Waals surface area contributed by atoms with Crippen LogP contribution in [0.15, 0.2) is 36.4 Å². The van der Waals surface area contributed by atoms with Gasteiger partial charge in [0, 0.05) is 43.1 Å². The van der Waals surface area contributed by atoms with Gasteiger partial charge in [-0.25, -0.2) is 13.2 Å². The Hall–Kier alpha value is -3.09. The van der Waals surface area contributed by atoms with Crippen LogP contribution in [0.1, 0.15) is 85.3 Å². The number of hydrogen-bond donors (Lipinski definition) is 3. The van der Waals surface area contributed by atoms with Crippen molar-refractivity contribution in [3.63, 3.8) is 0 Å². The minimum absolute atomic E-state index is 0.00421. The second-order valence-electron chi connectivity index (χ2n) is 13.4. The molecule has 0 aromatic heterocycles. The van der Waals surface area contributed by atoms with Crippen LogP contribution in [0.3, 0.4) is 0 Å². The first kappa shape index (κ1) is 44.9. The summed E-state index contributed by atoms with van der Waals surface area (Å²) in [5.41, 5.74) is 7.72. The number of nitrogens with one attached hydrogen (secondary N) is 2. The lowest BCUT2D eigenvalue weighted by Gasteiger charge is -2.21. The topological polar surface area (TPSA) is 108 Å². The summed E-state index contributed by atoms with van der Waals surface area (Å²) in [7, 11) is 0. The quantitative estimate of drug-likeness (QED) is 0.112. The first-order valence-corrected chi connectivity index (χ1v) is 18.9. The number of carbonyl (C=O) groups excluding carboxylic acids is 3. The third-order valence-electron chi connectivity index (χ3n) is 7.99. The van der Waals surface area contributed by atoms with Crippen molar-refractivity contribution in [2.45, 2.75) is 99.2 Å². The predicted octanol–water partition coefficient (Wildman–Crippen LogP) is 7.01. The fourth-order valence-corrected chi connectivity index (χ4v) is 6.22. The van der Waals surface area contributed by atoms with E-state index in [4.69, 9.17) is 5.73 Å². The summed E-state index contributed by atoms with van der Waals surface area (Å²) in [6.07, 6.45) is 4.67. The molecule has 1 aliphatic rings. The summed E-state index contributed by atoms with van der Waals surface area (Å²) >= 11 is 1.66. The number of anilines is 1. The molecule has 1 saturated heterocycles. The van der Waals surface area contributed by atoms with E-state index in [2.05, 4.69) is 43.2 Å². The number of halogens is 3. The molecule has 1 heterocycles. The zero-order chi connectivity index (χ0) is 37.6. The Bertz CT molecular complexity index is 1270. The molecule has 0 radical (unpaired) electrons. The molecule has 0 bridgehead atoms. The zero-order valence-corrected chi connectivity index (χ0v) is 31.9. The molecule has 282 valence electrons. The molecule has 2 atom stereocenters. The van der Waals surface area contributed by atoms with Gasteiger partial charge in [0.25, 0.3) is 0 Å². The van der Waals surface area contributed by atoms with Gasteiger partial charge in [-0.15, -0.1) is 11.8 Å². The molecule has 8 nitrogen and oxygen atoms in total. The van der Waals surface area contributed by atoms with Gasteiger partial charge in [-0.3, -0.25) is 14.4 Å². The largest absolute Gasteiger partial charge is 0.375 e.